The number of benzene rings is 1. The van der Waals surface area contributed by atoms with E-state index in [1.807, 2.05) is 18.2 Å². The summed E-state index contributed by atoms with van der Waals surface area (Å²) in [4.78, 5) is 13.4. The van der Waals surface area contributed by atoms with E-state index < -0.39 is 0 Å². The largest absolute Gasteiger partial charge is 0.350 e. The van der Waals surface area contributed by atoms with Crippen molar-refractivity contribution in [3.8, 4) is 11.3 Å². The number of pyridine rings is 1. The molecule has 3 rings (SSSR count). The van der Waals surface area contributed by atoms with Crippen molar-refractivity contribution >= 4 is 17.5 Å². The van der Waals surface area contributed by atoms with Gasteiger partial charge in [0, 0.05) is 35.2 Å². The van der Waals surface area contributed by atoms with Gasteiger partial charge in [0.1, 0.15) is 5.82 Å². The molecule has 5 nitrogen and oxygen atoms in total. The van der Waals surface area contributed by atoms with Crippen LogP contribution < -0.4 is 10.6 Å². The van der Waals surface area contributed by atoms with Crippen molar-refractivity contribution in [1.29, 1.82) is 0 Å². The fraction of sp³-hybridized carbons (Fsp3) is 0.286. The number of aromatic nitrogens is 3. The highest BCUT2D eigenvalue weighted by atomic mass is 15.2. The predicted octanol–water partition coefficient (Wildman–Crippen LogP) is 5.11. The van der Waals surface area contributed by atoms with Crippen LogP contribution in [-0.4, -0.2) is 20.5 Å². The zero-order chi connectivity index (χ0) is 18.7. The van der Waals surface area contributed by atoms with Gasteiger partial charge in [0.05, 0.1) is 5.69 Å². The molecule has 0 aliphatic rings. The van der Waals surface area contributed by atoms with E-state index in [2.05, 4.69) is 78.4 Å². The molecular formula is C21H25N5. The molecule has 0 bridgehead atoms. The van der Waals surface area contributed by atoms with Gasteiger partial charge in [-0.3, -0.25) is 4.98 Å². The Morgan fingerprint density at radius 3 is 2.15 bits per heavy atom. The van der Waals surface area contributed by atoms with Crippen LogP contribution in [0.25, 0.3) is 11.3 Å². The second-order valence-corrected chi connectivity index (χ2v) is 7.46. The second kappa shape index (κ2) is 7.12. The van der Waals surface area contributed by atoms with E-state index in [1.54, 1.807) is 12.4 Å². The second-order valence-electron chi connectivity index (χ2n) is 7.46. The maximum Gasteiger partial charge on any atom is 0.225 e. The summed E-state index contributed by atoms with van der Waals surface area (Å²) in [5.74, 6) is 1.36. The van der Waals surface area contributed by atoms with Crippen molar-refractivity contribution in [2.45, 2.75) is 40.2 Å². The number of para-hydroxylation sites is 1. The molecule has 0 radical (unpaired) electrons. The molecule has 5 heteroatoms. The van der Waals surface area contributed by atoms with Gasteiger partial charge in [0.15, 0.2) is 0 Å². The molecule has 2 heterocycles. The third kappa shape index (κ3) is 4.36. The molecule has 0 fully saturated rings. The fourth-order valence-corrected chi connectivity index (χ4v) is 2.71. The van der Waals surface area contributed by atoms with E-state index in [-0.39, 0.29) is 5.54 Å². The number of hydrogen-bond donors (Lipinski definition) is 2. The summed E-state index contributed by atoms with van der Waals surface area (Å²) in [5.41, 5.74) is 5.16. The lowest BCUT2D eigenvalue weighted by Gasteiger charge is -2.21. The molecule has 2 N–H and O–H groups in total. The molecule has 0 amide bonds. The van der Waals surface area contributed by atoms with Gasteiger partial charge in [-0.2, -0.15) is 4.98 Å². The zero-order valence-electron chi connectivity index (χ0n) is 16.0. The van der Waals surface area contributed by atoms with Crippen molar-refractivity contribution in [1.82, 2.24) is 15.0 Å². The van der Waals surface area contributed by atoms with Gasteiger partial charge in [-0.1, -0.05) is 18.2 Å². The molecule has 1 aromatic carbocycles. The maximum atomic E-state index is 4.69. The third-order valence-corrected chi connectivity index (χ3v) is 3.92. The number of anilines is 3. The van der Waals surface area contributed by atoms with Gasteiger partial charge in [-0.15, -0.1) is 0 Å². The van der Waals surface area contributed by atoms with Gasteiger partial charge < -0.3 is 10.6 Å². The molecule has 26 heavy (non-hydrogen) atoms. The van der Waals surface area contributed by atoms with Crippen LogP contribution in [0.1, 0.15) is 31.9 Å². The minimum atomic E-state index is -0.132. The van der Waals surface area contributed by atoms with Crippen LogP contribution in [-0.2, 0) is 0 Å². The highest BCUT2D eigenvalue weighted by Gasteiger charge is 2.14. The van der Waals surface area contributed by atoms with Crippen LogP contribution in [0.4, 0.5) is 17.5 Å². The normalized spacial score (nSPS) is 11.3. The standard InChI is InChI=1S/C21H25N5/c1-14-7-6-8-15(2)19(14)24-18-13-17(16-9-11-22-12-10-16)23-20(25-18)26-21(3,4)5/h6-13H,1-5H3,(H2,23,24,25,26). The van der Waals surface area contributed by atoms with Crippen molar-refractivity contribution in [2.75, 3.05) is 10.6 Å². The van der Waals surface area contributed by atoms with Crippen LogP contribution >= 0.6 is 0 Å². The van der Waals surface area contributed by atoms with E-state index in [1.165, 1.54) is 11.1 Å². The molecular weight excluding hydrogens is 322 g/mol. The Hall–Kier alpha value is -2.95. The SMILES string of the molecule is Cc1cccc(C)c1Nc1cc(-c2ccncc2)nc(NC(C)(C)C)n1. The Morgan fingerprint density at radius 1 is 0.885 bits per heavy atom. The lowest BCUT2D eigenvalue weighted by atomic mass is 10.1. The quantitative estimate of drug-likeness (QED) is 0.687. The Morgan fingerprint density at radius 2 is 1.54 bits per heavy atom. The van der Waals surface area contributed by atoms with Crippen LogP contribution in [0, 0.1) is 13.8 Å². The fourth-order valence-electron chi connectivity index (χ4n) is 2.71. The Kier molecular flexibility index (Phi) is 4.89. The molecule has 2 aromatic heterocycles. The van der Waals surface area contributed by atoms with Crippen LogP contribution in [0.5, 0.6) is 0 Å². The molecule has 0 aliphatic carbocycles. The Labute approximate surface area is 154 Å². The molecule has 0 aliphatic heterocycles. The summed E-state index contributed by atoms with van der Waals surface area (Å²) in [7, 11) is 0. The Bertz CT molecular complexity index is 878. The van der Waals surface area contributed by atoms with Crippen LogP contribution in [0.15, 0.2) is 48.8 Å². The molecule has 0 saturated heterocycles. The van der Waals surface area contributed by atoms with E-state index >= 15 is 0 Å². The lowest BCUT2D eigenvalue weighted by Crippen LogP contribution is -2.27. The predicted molar refractivity (Wildman–Crippen MR) is 108 cm³/mol. The highest BCUT2D eigenvalue weighted by Crippen LogP contribution is 2.27. The molecule has 3 aromatic rings. The van der Waals surface area contributed by atoms with E-state index in [9.17, 15) is 0 Å². The topological polar surface area (TPSA) is 62.7 Å². The summed E-state index contributed by atoms with van der Waals surface area (Å²) in [6.07, 6.45) is 3.54. The first-order valence-electron chi connectivity index (χ1n) is 8.73. The number of nitrogens with zero attached hydrogens (tertiary/aromatic N) is 3. The number of rotatable bonds is 4. The van der Waals surface area contributed by atoms with Gasteiger partial charge >= 0.3 is 0 Å². The first-order chi connectivity index (χ1) is 12.3. The van der Waals surface area contributed by atoms with Crippen LogP contribution in [0.2, 0.25) is 0 Å². The average molecular weight is 347 g/mol. The third-order valence-electron chi connectivity index (χ3n) is 3.92. The van der Waals surface area contributed by atoms with Gasteiger partial charge in [0.25, 0.3) is 0 Å². The van der Waals surface area contributed by atoms with Crippen molar-refractivity contribution in [3.05, 3.63) is 59.9 Å². The number of aryl methyl sites for hydroxylation is 2. The minimum absolute atomic E-state index is 0.132. The van der Waals surface area contributed by atoms with E-state index in [4.69, 9.17) is 0 Å². The van der Waals surface area contributed by atoms with Crippen molar-refractivity contribution < 1.29 is 0 Å². The summed E-state index contributed by atoms with van der Waals surface area (Å²) < 4.78 is 0. The summed E-state index contributed by atoms with van der Waals surface area (Å²) in [5, 5.41) is 6.84. The monoisotopic (exact) mass is 347 g/mol. The number of nitrogens with one attached hydrogen (secondary N) is 2. The molecule has 0 unspecified atom stereocenters. The van der Waals surface area contributed by atoms with Crippen molar-refractivity contribution in [3.63, 3.8) is 0 Å². The summed E-state index contributed by atoms with van der Waals surface area (Å²) in [6.45, 7) is 10.5. The average Bonchev–Trinajstić information content (AvgIpc) is 2.57. The van der Waals surface area contributed by atoms with Crippen LogP contribution in [0.3, 0.4) is 0 Å². The van der Waals surface area contributed by atoms with E-state index in [0.717, 1.165) is 22.8 Å². The van der Waals surface area contributed by atoms with Gasteiger partial charge in [0.2, 0.25) is 5.95 Å². The summed E-state index contributed by atoms with van der Waals surface area (Å²) >= 11 is 0. The first-order valence-corrected chi connectivity index (χ1v) is 8.73. The van der Waals surface area contributed by atoms with Gasteiger partial charge in [-0.25, -0.2) is 4.98 Å². The smallest absolute Gasteiger partial charge is 0.225 e. The summed E-state index contributed by atoms with van der Waals surface area (Å²) in [6, 6.07) is 12.1. The zero-order valence-corrected chi connectivity index (χ0v) is 16.0. The Balaban J connectivity index is 2.05. The molecule has 0 spiro atoms. The minimum Gasteiger partial charge on any atom is -0.350 e. The number of hydrogen-bond acceptors (Lipinski definition) is 5. The first kappa shape index (κ1) is 17.9. The molecule has 0 atom stereocenters. The van der Waals surface area contributed by atoms with Crippen molar-refractivity contribution in [2.24, 2.45) is 0 Å². The molecule has 134 valence electrons. The molecule has 0 saturated carbocycles. The highest BCUT2D eigenvalue weighted by molar-refractivity contribution is 5.70. The lowest BCUT2D eigenvalue weighted by molar-refractivity contribution is 0.626. The van der Waals surface area contributed by atoms with E-state index in [0.29, 0.717) is 5.95 Å². The maximum absolute atomic E-state index is 4.69. The van der Waals surface area contributed by atoms with Gasteiger partial charge in [-0.05, 0) is 57.9 Å².